The first kappa shape index (κ1) is 15.0. The summed E-state index contributed by atoms with van der Waals surface area (Å²) < 4.78 is 7.52. The van der Waals surface area contributed by atoms with Crippen LogP contribution in [0.15, 0.2) is 24.3 Å². The lowest BCUT2D eigenvalue weighted by molar-refractivity contribution is 0.242. The normalized spacial score (nSPS) is 10.6. The first-order valence-electron chi connectivity index (χ1n) is 7.12. The van der Waals surface area contributed by atoms with E-state index in [2.05, 4.69) is 10.9 Å². The number of nitrogen functional groups attached to an aromatic ring is 1. The molecule has 1 aromatic heterocycles. The molecule has 0 saturated heterocycles. The maximum absolute atomic E-state index is 6.19. The average molecular weight is 283 g/mol. The fourth-order valence-electron chi connectivity index (χ4n) is 2.23. The van der Waals surface area contributed by atoms with E-state index in [1.165, 1.54) is 0 Å². The molecule has 0 atom stereocenters. The maximum atomic E-state index is 6.19. The molecule has 2 N–H and O–H groups in total. The largest absolute Gasteiger partial charge is 0.491 e. The Kier molecular flexibility index (Phi) is 4.54. The molecular formula is C17H21N3O. The van der Waals surface area contributed by atoms with E-state index in [1.54, 1.807) is 0 Å². The van der Waals surface area contributed by atoms with E-state index < -0.39 is 0 Å². The standard InChI is InChI=1S/C17H21N3O/c1-5-11-20-15(6-2)19-16(17(20)18)13-7-9-14(10-8-13)21-12(3)4/h1,7-10,12H,6,11,18H2,2-4H3. The Bertz CT molecular complexity index is 648. The molecule has 4 nitrogen and oxygen atoms in total. The molecule has 0 unspecified atom stereocenters. The van der Waals surface area contributed by atoms with Crippen LogP contribution in [-0.2, 0) is 13.0 Å². The second-order valence-corrected chi connectivity index (χ2v) is 5.10. The molecule has 0 aliphatic rings. The molecule has 1 heterocycles. The van der Waals surface area contributed by atoms with E-state index in [4.69, 9.17) is 16.9 Å². The van der Waals surface area contributed by atoms with Gasteiger partial charge in [-0.15, -0.1) is 6.42 Å². The predicted octanol–water partition coefficient (Wildman–Crippen LogP) is 3.12. The Morgan fingerprint density at radius 2 is 2.00 bits per heavy atom. The Balaban J connectivity index is 2.36. The highest BCUT2D eigenvalue weighted by Crippen LogP contribution is 2.28. The number of aromatic nitrogens is 2. The summed E-state index contributed by atoms with van der Waals surface area (Å²) in [6, 6.07) is 7.80. The first-order valence-corrected chi connectivity index (χ1v) is 7.12. The van der Waals surface area contributed by atoms with Gasteiger partial charge >= 0.3 is 0 Å². The second-order valence-electron chi connectivity index (χ2n) is 5.10. The number of hydrogen-bond acceptors (Lipinski definition) is 3. The average Bonchev–Trinajstić information content (AvgIpc) is 2.77. The van der Waals surface area contributed by atoms with Gasteiger partial charge in [-0.05, 0) is 38.1 Å². The van der Waals surface area contributed by atoms with Crippen molar-refractivity contribution in [3.05, 3.63) is 30.1 Å². The van der Waals surface area contributed by atoms with Gasteiger partial charge in [-0.3, -0.25) is 0 Å². The van der Waals surface area contributed by atoms with E-state index in [1.807, 2.05) is 49.6 Å². The third kappa shape index (κ3) is 3.19. The molecule has 0 aliphatic carbocycles. The Labute approximate surface area is 125 Å². The Hall–Kier alpha value is -2.41. The molecule has 0 radical (unpaired) electrons. The fraction of sp³-hybridized carbons (Fsp3) is 0.353. The summed E-state index contributed by atoms with van der Waals surface area (Å²) in [5, 5.41) is 0. The highest BCUT2D eigenvalue weighted by Gasteiger charge is 2.14. The van der Waals surface area contributed by atoms with Crippen molar-refractivity contribution in [3.8, 4) is 29.4 Å². The number of hydrogen-bond donors (Lipinski definition) is 1. The van der Waals surface area contributed by atoms with Crippen LogP contribution in [0, 0.1) is 12.3 Å². The summed E-state index contributed by atoms with van der Waals surface area (Å²) in [5.74, 6) is 4.98. The third-order valence-corrected chi connectivity index (χ3v) is 3.15. The number of nitrogens with zero attached hydrogens (tertiary/aromatic N) is 2. The van der Waals surface area contributed by atoms with Crippen LogP contribution in [0.1, 0.15) is 26.6 Å². The van der Waals surface area contributed by atoms with Crippen LogP contribution >= 0.6 is 0 Å². The highest BCUT2D eigenvalue weighted by atomic mass is 16.5. The summed E-state index contributed by atoms with van der Waals surface area (Å²) in [7, 11) is 0. The molecule has 2 rings (SSSR count). The zero-order valence-electron chi connectivity index (χ0n) is 12.8. The van der Waals surface area contributed by atoms with E-state index in [0.29, 0.717) is 12.4 Å². The number of rotatable bonds is 5. The van der Waals surface area contributed by atoms with Gasteiger partial charge in [-0.25, -0.2) is 4.98 Å². The first-order chi connectivity index (χ1) is 10.1. The van der Waals surface area contributed by atoms with Crippen molar-refractivity contribution >= 4 is 5.82 Å². The lowest BCUT2D eigenvalue weighted by atomic mass is 10.1. The van der Waals surface area contributed by atoms with E-state index in [-0.39, 0.29) is 6.10 Å². The zero-order valence-corrected chi connectivity index (χ0v) is 12.8. The van der Waals surface area contributed by atoms with Gasteiger partial charge in [0.15, 0.2) is 0 Å². The number of aryl methyl sites for hydroxylation is 1. The van der Waals surface area contributed by atoms with Gasteiger partial charge in [0.05, 0.1) is 12.6 Å². The number of imidazole rings is 1. The Morgan fingerprint density at radius 1 is 1.33 bits per heavy atom. The smallest absolute Gasteiger partial charge is 0.132 e. The van der Waals surface area contributed by atoms with Gasteiger partial charge in [-0.1, -0.05) is 12.8 Å². The molecule has 0 amide bonds. The van der Waals surface area contributed by atoms with Crippen molar-refractivity contribution < 1.29 is 4.74 Å². The van der Waals surface area contributed by atoms with Gasteiger partial charge in [0.2, 0.25) is 0 Å². The molecule has 110 valence electrons. The number of benzene rings is 1. The zero-order chi connectivity index (χ0) is 15.4. The Morgan fingerprint density at radius 3 is 2.52 bits per heavy atom. The molecule has 2 aromatic rings. The molecule has 1 aromatic carbocycles. The molecule has 0 saturated carbocycles. The summed E-state index contributed by atoms with van der Waals surface area (Å²) >= 11 is 0. The van der Waals surface area contributed by atoms with Crippen LogP contribution in [0.5, 0.6) is 5.75 Å². The molecule has 21 heavy (non-hydrogen) atoms. The molecule has 4 heteroatoms. The van der Waals surface area contributed by atoms with Gasteiger partial charge in [0, 0.05) is 12.0 Å². The third-order valence-electron chi connectivity index (χ3n) is 3.15. The van der Waals surface area contributed by atoms with E-state index in [0.717, 1.165) is 29.3 Å². The minimum atomic E-state index is 0.155. The highest BCUT2D eigenvalue weighted by molar-refractivity contribution is 5.71. The minimum Gasteiger partial charge on any atom is -0.491 e. The number of ether oxygens (including phenoxy) is 1. The summed E-state index contributed by atoms with van der Waals surface area (Å²) in [5.41, 5.74) is 7.93. The maximum Gasteiger partial charge on any atom is 0.132 e. The molecule has 0 aliphatic heterocycles. The molecule has 0 fully saturated rings. The predicted molar refractivity (Wildman–Crippen MR) is 86.1 cm³/mol. The SMILES string of the molecule is C#CCn1c(CC)nc(-c2ccc(OC(C)C)cc2)c1N. The van der Waals surface area contributed by atoms with Crippen LogP contribution < -0.4 is 10.5 Å². The van der Waals surface area contributed by atoms with Crippen molar-refractivity contribution in [1.29, 1.82) is 0 Å². The molecular weight excluding hydrogens is 262 g/mol. The lowest BCUT2D eigenvalue weighted by Gasteiger charge is -2.09. The van der Waals surface area contributed by atoms with Gasteiger partial charge in [-0.2, -0.15) is 0 Å². The van der Waals surface area contributed by atoms with E-state index in [9.17, 15) is 0 Å². The van der Waals surface area contributed by atoms with Crippen LogP contribution in [0.4, 0.5) is 5.82 Å². The minimum absolute atomic E-state index is 0.155. The van der Waals surface area contributed by atoms with Crippen molar-refractivity contribution in [1.82, 2.24) is 9.55 Å². The van der Waals surface area contributed by atoms with Gasteiger partial charge in [0.25, 0.3) is 0 Å². The quantitative estimate of drug-likeness (QED) is 0.858. The monoisotopic (exact) mass is 283 g/mol. The summed E-state index contributed by atoms with van der Waals surface area (Å²) in [6.45, 7) is 6.48. The number of terminal acetylenes is 1. The number of anilines is 1. The second kappa shape index (κ2) is 6.36. The van der Waals surface area contributed by atoms with Crippen molar-refractivity contribution in [2.24, 2.45) is 0 Å². The number of nitrogens with two attached hydrogens (primary N) is 1. The van der Waals surface area contributed by atoms with Gasteiger partial charge < -0.3 is 15.0 Å². The van der Waals surface area contributed by atoms with Crippen molar-refractivity contribution in [2.75, 3.05) is 5.73 Å². The van der Waals surface area contributed by atoms with Crippen LogP contribution in [0.2, 0.25) is 0 Å². The van der Waals surface area contributed by atoms with Crippen molar-refractivity contribution in [2.45, 2.75) is 39.8 Å². The van der Waals surface area contributed by atoms with Crippen LogP contribution in [0.3, 0.4) is 0 Å². The fourth-order valence-corrected chi connectivity index (χ4v) is 2.23. The van der Waals surface area contributed by atoms with Crippen molar-refractivity contribution in [3.63, 3.8) is 0 Å². The topological polar surface area (TPSA) is 53.1 Å². The summed E-state index contributed by atoms with van der Waals surface area (Å²) in [6.07, 6.45) is 6.34. The molecule has 0 bridgehead atoms. The van der Waals surface area contributed by atoms with Crippen LogP contribution in [0.25, 0.3) is 11.3 Å². The van der Waals surface area contributed by atoms with Crippen LogP contribution in [-0.4, -0.2) is 15.7 Å². The van der Waals surface area contributed by atoms with E-state index >= 15 is 0 Å². The molecule has 0 spiro atoms. The lowest BCUT2D eigenvalue weighted by Crippen LogP contribution is -2.05. The summed E-state index contributed by atoms with van der Waals surface area (Å²) in [4.78, 5) is 4.61. The van der Waals surface area contributed by atoms with Gasteiger partial charge in [0.1, 0.15) is 23.1 Å².